The molecule has 0 radical (unpaired) electrons. The SMILES string of the molecule is O=C(Cc1ccccc1)Oc1cc(F)cc(F)c1. The van der Waals surface area contributed by atoms with E-state index in [-0.39, 0.29) is 12.2 Å². The molecule has 2 nitrogen and oxygen atoms in total. The molecule has 0 aliphatic rings. The molecule has 2 aromatic rings. The van der Waals surface area contributed by atoms with Crippen LogP contribution in [0.25, 0.3) is 0 Å². The molecule has 0 spiro atoms. The number of carbonyl (C=O) groups excluding carboxylic acids is 1. The minimum Gasteiger partial charge on any atom is -0.426 e. The van der Waals surface area contributed by atoms with Crippen molar-refractivity contribution in [2.45, 2.75) is 6.42 Å². The number of ether oxygens (including phenoxy) is 1. The van der Waals surface area contributed by atoms with Crippen LogP contribution in [-0.2, 0) is 11.2 Å². The lowest BCUT2D eigenvalue weighted by molar-refractivity contribution is -0.133. The lowest BCUT2D eigenvalue weighted by Gasteiger charge is -2.04. The first-order valence-electron chi connectivity index (χ1n) is 5.34. The van der Waals surface area contributed by atoms with Gasteiger partial charge in [0.2, 0.25) is 0 Å². The molecule has 0 aliphatic carbocycles. The zero-order chi connectivity index (χ0) is 13.0. The van der Waals surface area contributed by atoms with Crippen molar-refractivity contribution in [3.05, 3.63) is 65.7 Å². The normalized spacial score (nSPS) is 10.1. The quantitative estimate of drug-likeness (QED) is 0.616. The Labute approximate surface area is 103 Å². The minimum absolute atomic E-state index is 0.0545. The molecule has 0 amide bonds. The predicted octanol–water partition coefficient (Wildman–Crippen LogP) is 3.11. The molecule has 0 fully saturated rings. The largest absolute Gasteiger partial charge is 0.426 e. The summed E-state index contributed by atoms with van der Waals surface area (Å²) in [6, 6.07) is 11.6. The van der Waals surface area contributed by atoms with Crippen molar-refractivity contribution in [1.82, 2.24) is 0 Å². The molecule has 0 saturated heterocycles. The Morgan fingerprint density at radius 3 is 2.22 bits per heavy atom. The number of esters is 1. The Hall–Kier alpha value is -2.23. The van der Waals surface area contributed by atoms with E-state index in [2.05, 4.69) is 0 Å². The highest BCUT2D eigenvalue weighted by Crippen LogP contribution is 2.16. The predicted molar refractivity (Wildman–Crippen MR) is 62.1 cm³/mol. The summed E-state index contributed by atoms with van der Waals surface area (Å²) >= 11 is 0. The average molecular weight is 248 g/mol. The van der Waals surface area contributed by atoms with Crippen molar-refractivity contribution in [2.75, 3.05) is 0 Å². The van der Waals surface area contributed by atoms with E-state index in [1.165, 1.54) is 0 Å². The van der Waals surface area contributed by atoms with Gasteiger partial charge in [0.15, 0.2) is 0 Å². The van der Waals surface area contributed by atoms with Gasteiger partial charge in [0.25, 0.3) is 0 Å². The standard InChI is InChI=1S/C14H10F2O2/c15-11-7-12(16)9-13(8-11)18-14(17)6-10-4-2-1-3-5-10/h1-5,7-9H,6H2. The van der Waals surface area contributed by atoms with Crippen LogP contribution < -0.4 is 4.74 Å². The molecule has 0 N–H and O–H groups in total. The van der Waals surface area contributed by atoms with Crippen LogP contribution in [0.15, 0.2) is 48.5 Å². The van der Waals surface area contributed by atoms with Crippen molar-refractivity contribution in [3.63, 3.8) is 0 Å². The summed E-state index contributed by atoms with van der Waals surface area (Å²) in [6.07, 6.45) is 0.0545. The van der Waals surface area contributed by atoms with Gasteiger partial charge in [-0.25, -0.2) is 8.78 Å². The second-order valence-corrected chi connectivity index (χ2v) is 3.74. The molecule has 0 unspecified atom stereocenters. The second-order valence-electron chi connectivity index (χ2n) is 3.74. The maximum absolute atomic E-state index is 12.9. The Bertz CT molecular complexity index is 533. The van der Waals surface area contributed by atoms with Crippen molar-refractivity contribution >= 4 is 5.97 Å². The molecular formula is C14H10F2O2. The van der Waals surface area contributed by atoms with Crippen molar-refractivity contribution in [1.29, 1.82) is 0 Å². The van der Waals surface area contributed by atoms with Gasteiger partial charge in [-0.1, -0.05) is 30.3 Å². The molecule has 0 aromatic heterocycles. The smallest absolute Gasteiger partial charge is 0.315 e. The third kappa shape index (κ3) is 3.38. The lowest BCUT2D eigenvalue weighted by atomic mass is 10.2. The van der Waals surface area contributed by atoms with Gasteiger partial charge in [0.05, 0.1) is 6.42 Å². The number of rotatable bonds is 3. The first kappa shape index (κ1) is 12.2. The van der Waals surface area contributed by atoms with E-state index in [9.17, 15) is 13.6 Å². The maximum Gasteiger partial charge on any atom is 0.315 e. The number of hydrogen-bond acceptors (Lipinski definition) is 2. The Morgan fingerprint density at radius 2 is 1.61 bits per heavy atom. The van der Waals surface area contributed by atoms with Gasteiger partial charge < -0.3 is 4.74 Å². The molecule has 18 heavy (non-hydrogen) atoms. The average Bonchev–Trinajstić information content (AvgIpc) is 2.28. The van der Waals surface area contributed by atoms with Gasteiger partial charge in [-0.05, 0) is 5.56 Å². The summed E-state index contributed by atoms with van der Waals surface area (Å²) in [6.45, 7) is 0. The van der Waals surface area contributed by atoms with E-state index in [4.69, 9.17) is 4.74 Å². The fraction of sp³-hybridized carbons (Fsp3) is 0.0714. The molecule has 92 valence electrons. The van der Waals surface area contributed by atoms with Crippen molar-refractivity contribution in [2.24, 2.45) is 0 Å². The van der Waals surface area contributed by atoms with Crippen LogP contribution in [0, 0.1) is 11.6 Å². The third-order valence-electron chi connectivity index (χ3n) is 2.26. The van der Waals surface area contributed by atoms with E-state index < -0.39 is 17.6 Å². The Morgan fingerprint density at radius 1 is 1.00 bits per heavy atom. The first-order chi connectivity index (χ1) is 8.63. The number of hydrogen-bond donors (Lipinski definition) is 0. The molecule has 0 aliphatic heterocycles. The second kappa shape index (κ2) is 5.40. The van der Waals surface area contributed by atoms with Crippen LogP contribution in [0.5, 0.6) is 5.75 Å². The highest BCUT2D eigenvalue weighted by atomic mass is 19.1. The van der Waals surface area contributed by atoms with E-state index in [1.807, 2.05) is 6.07 Å². The summed E-state index contributed by atoms with van der Waals surface area (Å²) in [4.78, 5) is 11.5. The first-order valence-corrected chi connectivity index (χ1v) is 5.34. The van der Waals surface area contributed by atoms with E-state index >= 15 is 0 Å². The fourth-order valence-electron chi connectivity index (χ4n) is 1.52. The van der Waals surface area contributed by atoms with Gasteiger partial charge in [-0.2, -0.15) is 0 Å². The number of benzene rings is 2. The van der Waals surface area contributed by atoms with Gasteiger partial charge in [0.1, 0.15) is 17.4 Å². The molecular weight excluding hydrogens is 238 g/mol. The molecule has 0 atom stereocenters. The molecule has 0 saturated carbocycles. The minimum atomic E-state index is -0.780. The Kier molecular flexibility index (Phi) is 3.67. The van der Waals surface area contributed by atoms with Crippen LogP contribution in [0.1, 0.15) is 5.56 Å². The summed E-state index contributed by atoms with van der Waals surface area (Å²) in [5.74, 6) is -2.25. The third-order valence-corrected chi connectivity index (χ3v) is 2.26. The monoisotopic (exact) mass is 248 g/mol. The highest BCUT2D eigenvalue weighted by molar-refractivity contribution is 5.75. The summed E-state index contributed by atoms with van der Waals surface area (Å²) < 4.78 is 30.6. The number of carbonyl (C=O) groups is 1. The van der Waals surface area contributed by atoms with E-state index in [1.54, 1.807) is 24.3 Å². The summed E-state index contributed by atoms with van der Waals surface area (Å²) in [7, 11) is 0. The van der Waals surface area contributed by atoms with Gasteiger partial charge in [0, 0.05) is 18.2 Å². The van der Waals surface area contributed by atoms with Crippen LogP contribution in [-0.4, -0.2) is 5.97 Å². The van der Waals surface area contributed by atoms with Crippen LogP contribution in [0.2, 0.25) is 0 Å². The maximum atomic E-state index is 12.9. The van der Waals surface area contributed by atoms with Gasteiger partial charge in [-0.15, -0.1) is 0 Å². The van der Waals surface area contributed by atoms with E-state index in [0.717, 1.165) is 17.7 Å². The van der Waals surface area contributed by atoms with Gasteiger partial charge in [-0.3, -0.25) is 4.79 Å². The molecule has 2 aromatic carbocycles. The molecule has 0 heterocycles. The van der Waals surface area contributed by atoms with Crippen LogP contribution >= 0.6 is 0 Å². The lowest BCUT2D eigenvalue weighted by Crippen LogP contribution is -2.11. The zero-order valence-corrected chi connectivity index (χ0v) is 9.40. The molecule has 2 rings (SSSR count). The zero-order valence-electron chi connectivity index (χ0n) is 9.40. The number of halogens is 2. The van der Waals surface area contributed by atoms with Crippen molar-refractivity contribution in [3.8, 4) is 5.75 Å². The molecule has 0 bridgehead atoms. The topological polar surface area (TPSA) is 26.3 Å². The van der Waals surface area contributed by atoms with Crippen molar-refractivity contribution < 1.29 is 18.3 Å². The molecule has 4 heteroatoms. The highest BCUT2D eigenvalue weighted by Gasteiger charge is 2.08. The Balaban J connectivity index is 2.03. The van der Waals surface area contributed by atoms with Crippen LogP contribution in [0.4, 0.5) is 8.78 Å². The van der Waals surface area contributed by atoms with E-state index in [0.29, 0.717) is 6.07 Å². The van der Waals surface area contributed by atoms with Crippen LogP contribution in [0.3, 0.4) is 0 Å². The fourth-order valence-corrected chi connectivity index (χ4v) is 1.52. The summed E-state index contributed by atoms with van der Waals surface area (Å²) in [5.41, 5.74) is 0.777. The summed E-state index contributed by atoms with van der Waals surface area (Å²) in [5, 5.41) is 0. The van der Waals surface area contributed by atoms with Gasteiger partial charge >= 0.3 is 5.97 Å².